The second kappa shape index (κ2) is 10.4. The van der Waals surface area contributed by atoms with Gasteiger partial charge in [-0.25, -0.2) is 4.99 Å². The summed E-state index contributed by atoms with van der Waals surface area (Å²) in [7, 11) is 0. The first kappa shape index (κ1) is 23.4. The third kappa shape index (κ3) is 5.77. The van der Waals surface area contributed by atoms with Crippen molar-refractivity contribution < 1.29 is 14.4 Å². The highest BCUT2D eigenvalue weighted by molar-refractivity contribution is 8.15. The Morgan fingerprint density at radius 2 is 1.79 bits per heavy atom. The summed E-state index contributed by atoms with van der Waals surface area (Å²) >= 11 is 1.28. The van der Waals surface area contributed by atoms with Gasteiger partial charge < -0.3 is 5.32 Å². The van der Waals surface area contributed by atoms with E-state index in [2.05, 4.69) is 15.3 Å². The van der Waals surface area contributed by atoms with E-state index in [-0.39, 0.29) is 30.6 Å². The van der Waals surface area contributed by atoms with Crippen LogP contribution in [0.2, 0.25) is 0 Å². The minimum atomic E-state index is -0.593. The maximum Gasteiger partial charge on any atom is 0.243 e. The zero-order chi connectivity index (χ0) is 24.1. The summed E-state index contributed by atoms with van der Waals surface area (Å²) in [5.41, 5.74) is 3.74. The topological polar surface area (TPSA) is 91.7 Å². The van der Waals surface area contributed by atoms with E-state index in [0.29, 0.717) is 16.4 Å². The summed E-state index contributed by atoms with van der Waals surface area (Å²) in [6.07, 6.45) is 1.69. The van der Waals surface area contributed by atoms with E-state index < -0.39 is 5.25 Å². The normalized spacial score (nSPS) is 16.6. The van der Waals surface area contributed by atoms with Crippen molar-refractivity contribution in [1.82, 2.24) is 9.88 Å². The number of hydrogen-bond acceptors (Lipinski definition) is 6. The number of aromatic nitrogens is 1. The Hall–Kier alpha value is -3.78. The number of aryl methyl sites for hydroxylation is 1. The molecule has 1 saturated heterocycles. The van der Waals surface area contributed by atoms with Crippen LogP contribution in [0.4, 0.5) is 11.4 Å². The fourth-order valence-corrected chi connectivity index (χ4v) is 4.58. The Labute approximate surface area is 202 Å². The van der Waals surface area contributed by atoms with Gasteiger partial charge >= 0.3 is 0 Å². The standard InChI is InChI=1S/C26H24N4O3S/c1-17-6-10-21(11-7-17)29-26-30(16-22-5-3-4-14-27-22)25(33)23(34-26)15-24(32)28-20-12-8-19(9-13-20)18(2)31/h3-14,23H,15-16H2,1-2H3,(H,28,32)/t23-/m0/s1. The van der Waals surface area contributed by atoms with Crippen LogP contribution in [0.15, 0.2) is 77.9 Å². The number of hydrogen-bond donors (Lipinski definition) is 1. The predicted molar refractivity (Wildman–Crippen MR) is 134 cm³/mol. The summed E-state index contributed by atoms with van der Waals surface area (Å²) in [5.74, 6) is -0.501. The lowest BCUT2D eigenvalue weighted by Crippen LogP contribution is -2.33. The van der Waals surface area contributed by atoms with Crippen molar-refractivity contribution in [2.24, 2.45) is 4.99 Å². The van der Waals surface area contributed by atoms with Crippen LogP contribution in [-0.2, 0) is 16.1 Å². The number of pyridine rings is 1. The number of thioether (sulfide) groups is 1. The Balaban J connectivity index is 1.50. The average Bonchev–Trinajstić information content (AvgIpc) is 3.10. The lowest BCUT2D eigenvalue weighted by Gasteiger charge is -2.16. The minimum absolute atomic E-state index is 0.00357. The lowest BCUT2D eigenvalue weighted by molar-refractivity contribution is -0.128. The van der Waals surface area contributed by atoms with Crippen LogP contribution in [0, 0.1) is 6.92 Å². The molecule has 7 nitrogen and oxygen atoms in total. The number of anilines is 1. The molecule has 2 heterocycles. The first-order chi connectivity index (χ1) is 16.4. The number of benzene rings is 2. The number of nitrogens with zero attached hydrogens (tertiary/aromatic N) is 3. The smallest absolute Gasteiger partial charge is 0.243 e. The van der Waals surface area contributed by atoms with Crippen molar-refractivity contribution in [2.45, 2.75) is 32.1 Å². The van der Waals surface area contributed by atoms with E-state index in [4.69, 9.17) is 0 Å². The highest BCUT2D eigenvalue weighted by Gasteiger charge is 2.39. The number of Topliss-reactive ketones (excluding diaryl/α,β-unsaturated/α-hetero) is 1. The van der Waals surface area contributed by atoms with Crippen LogP contribution < -0.4 is 5.32 Å². The molecule has 172 valence electrons. The number of carbonyl (C=O) groups excluding carboxylic acids is 3. The molecule has 0 saturated carbocycles. The first-order valence-corrected chi connectivity index (χ1v) is 11.7. The van der Waals surface area contributed by atoms with Gasteiger partial charge in [-0.15, -0.1) is 0 Å². The molecular weight excluding hydrogens is 448 g/mol. The van der Waals surface area contributed by atoms with Crippen molar-refractivity contribution in [3.63, 3.8) is 0 Å². The molecule has 1 aromatic heterocycles. The van der Waals surface area contributed by atoms with Gasteiger partial charge in [0.1, 0.15) is 5.25 Å². The van der Waals surface area contributed by atoms with Gasteiger partial charge in [0.15, 0.2) is 11.0 Å². The van der Waals surface area contributed by atoms with Crippen LogP contribution in [0.3, 0.4) is 0 Å². The zero-order valence-corrected chi connectivity index (χ0v) is 19.7. The Bertz CT molecular complexity index is 1230. The summed E-state index contributed by atoms with van der Waals surface area (Å²) in [6, 6.07) is 19.9. The Morgan fingerprint density at radius 1 is 1.06 bits per heavy atom. The Morgan fingerprint density at radius 3 is 2.44 bits per heavy atom. The third-order valence-electron chi connectivity index (χ3n) is 5.27. The quantitative estimate of drug-likeness (QED) is 0.501. The molecule has 0 radical (unpaired) electrons. The zero-order valence-electron chi connectivity index (χ0n) is 18.9. The van der Waals surface area contributed by atoms with Crippen LogP contribution >= 0.6 is 11.8 Å². The number of ketones is 1. The molecule has 3 aromatic rings. The lowest BCUT2D eigenvalue weighted by atomic mass is 10.1. The summed E-state index contributed by atoms with van der Waals surface area (Å²) in [6.45, 7) is 3.77. The van der Waals surface area contributed by atoms with Crippen molar-refractivity contribution in [3.8, 4) is 0 Å². The number of amides is 2. The van der Waals surface area contributed by atoms with Gasteiger partial charge in [-0.05, 0) is 62.4 Å². The van der Waals surface area contributed by atoms with Gasteiger partial charge in [0, 0.05) is 23.9 Å². The van der Waals surface area contributed by atoms with Gasteiger partial charge in [0.2, 0.25) is 11.8 Å². The SMILES string of the molecule is CC(=O)c1ccc(NC(=O)C[C@@H]2SC(=Nc3ccc(C)cc3)N(Cc3ccccn3)C2=O)cc1. The van der Waals surface area contributed by atoms with Crippen molar-refractivity contribution in [1.29, 1.82) is 0 Å². The number of amidine groups is 1. The average molecular weight is 473 g/mol. The van der Waals surface area contributed by atoms with Crippen LogP contribution in [0.1, 0.15) is 35.0 Å². The summed E-state index contributed by atoms with van der Waals surface area (Å²) in [5, 5.41) is 2.76. The van der Waals surface area contributed by atoms with E-state index in [9.17, 15) is 14.4 Å². The molecule has 1 fully saturated rings. The van der Waals surface area contributed by atoms with Crippen molar-refractivity contribution >= 4 is 45.9 Å². The largest absolute Gasteiger partial charge is 0.326 e. The molecule has 8 heteroatoms. The van der Waals surface area contributed by atoms with Gasteiger partial charge in [0.25, 0.3) is 0 Å². The highest BCUT2D eigenvalue weighted by Crippen LogP contribution is 2.33. The summed E-state index contributed by atoms with van der Waals surface area (Å²) in [4.78, 5) is 48.0. The van der Waals surface area contributed by atoms with Crippen molar-refractivity contribution in [2.75, 3.05) is 5.32 Å². The van der Waals surface area contributed by atoms with E-state index in [1.54, 1.807) is 35.4 Å². The monoisotopic (exact) mass is 472 g/mol. The van der Waals surface area contributed by atoms with Crippen LogP contribution in [0.25, 0.3) is 0 Å². The number of carbonyl (C=O) groups is 3. The van der Waals surface area contributed by atoms with E-state index >= 15 is 0 Å². The van der Waals surface area contributed by atoms with E-state index in [0.717, 1.165) is 16.9 Å². The molecule has 1 aliphatic heterocycles. The molecule has 0 unspecified atom stereocenters. The molecule has 34 heavy (non-hydrogen) atoms. The molecule has 0 aliphatic carbocycles. The maximum absolute atomic E-state index is 13.3. The van der Waals surface area contributed by atoms with Crippen molar-refractivity contribution in [3.05, 3.63) is 89.7 Å². The molecule has 1 N–H and O–H groups in total. The molecule has 1 aliphatic rings. The number of rotatable bonds is 7. The molecule has 2 aromatic carbocycles. The molecule has 1 atom stereocenters. The molecule has 4 rings (SSSR count). The molecule has 0 bridgehead atoms. The molecule has 2 amide bonds. The van der Waals surface area contributed by atoms with E-state index in [1.165, 1.54) is 18.7 Å². The second-order valence-electron chi connectivity index (χ2n) is 7.97. The second-order valence-corrected chi connectivity index (χ2v) is 9.14. The van der Waals surface area contributed by atoms with Gasteiger partial charge in [-0.3, -0.25) is 24.3 Å². The maximum atomic E-state index is 13.3. The fraction of sp³-hybridized carbons (Fsp3) is 0.192. The minimum Gasteiger partial charge on any atom is -0.326 e. The van der Waals surface area contributed by atoms with Crippen LogP contribution in [0.5, 0.6) is 0 Å². The summed E-state index contributed by atoms with van der Waals surface area (Å²) < 4.78 is 0. The van der Waals surface area contributed by atoms with Gasteiger partial charge in [-0.2, -0.15) is 0 Å². The highest BCUT2D eigenvalue weighted by atomic mass is 32.2. The number of aliphatic imine (C=N–C) groups is 1. The van der Waals surface area contributed by atoms with Gasteiger partial charge in [0.05, 0.1) is 17.9 Å². The fourth-order valence-electron chi connectivity index (χ4n) is 3.42. The number of nitrogens with one attached hydrogen (secondary N) is 1. The predicted octanol–water partition coefficient (Wildman–Crippen LogP) is 4.75. The van der Waals surface area contributed by atoms with Gasteiger partial charge in [-0.1, -0.05) is 35.5 Å². The van der Waals surface area contributed by atoms with E-state index in [1.807, 2.05) is 49.4 Å². The molecule has 0 spiro atoms. The first-order valence-electron chi connectivity index (χ1n) is 10.8. The third-order valence-corrected chi connectivity index (χ3v) is 6.45. The Kier molecular flexibility index (Phi) is 7.18. The molecular formula is C26H24N4O3S. The van der Waals surface area contributed by atoms with Crippen LogP contribution in [-0.4, -0.2) is 37.9 Å².